The second-order valence-corrected chi connectivity index (χ2v) is 6.55. The van der Waals surface area contributed by atoms with Gasteiger partial charge in [0.15, 0.2) is 11.9 Å². The number of ketones is 1. The lowest BCUT2D eigenvalue weighted by Crippen LogP contribution is -2.46. The Morgan fingerprint density at radius 1 is 1.00 bits per heavy atom. The Labute approximate surface area is 165 Å². The lowest BCUT2D eigenvalue weighted by molar-refractivity contribution is -0.154. The first-order valence-electron chi connectivity index (χ1n) is 9.29. The number of esters is 1. The smallest absolute Gasteiger partial charge is 0.321 e. The zero-order valence-electron chi connectivity index (χ0n) is 16.7. The number of hydrogen-bond donors (Lipinski definition) is 2. The van der Waals surface area contributed by atoms with Gasteiger partial charge in [0.2, 0.25) is 0 Å². The highest BCUT2D eigenvalue weighted by Gasteiger charge is 2.20. The van der Waals surface area contributed by atoms with Crippen molar-refractivity contribution in [1.29, 1.82) is 0 Å². The van der Waals surface area contributed by atoms with Crippen molar-refractivity contribution >= 4 is 23.7 Å². The molecule has 0 saturated carbocycles. The molecule has 1 aromatic carbocycles. The third-order valence-corrected chi connectivity index (χ3v) is 3.54. The van der Waals surface area contributed by atoms with E-state index in [4.69, 9.17) is 9.47 Å². The predicted molar refractivity (Wildman–Crippen MR) is 103 cm³/mol. The van der Waals surface area contributed by atoms with Crippen LogP contribution in [0.2, 0.25) is 0 Å². The van der Waals surface area contributed by atoms with E-state index in [2.05, 4.69) is 10.6 Å². The summed E-state index contributed by atoms with van der Waals surface area (Å²) in [5.74, 6) is -0.963. The molecular formula is C20H28N2O6. The number of amides is 3. The normalized spacial score (nSPS) is 11.5. The van der Waals surface area contributed by atoms with Gasteiger partial charge in [0, 0.05) is 18.0 Å². The number of benzene rings is 1. The molecular weight excluding hydrogens is 364 g/mol. The number of carbonyl (C=O) groups excluding carboxylic acids is 4. The highest BCUT2D eigenvalue weighted by Crippen LogP contribution is 2.14. The molecule has 1 atom stereocenters. The molecule has 0 bridgehead atoms. The summed E-state index contributed by atoms with van der Waals surface area (Å²) < 4.78 is 10.4. The predicted octanol–water partition coefficient (Wildman–Crippen LogP) is 2.60. The van der Waals surface area contributed by atoms with Gasteiger partial charge in [0.1, 0.15) is 5.75 Å². The van der Waals surface area contributed by atoms with Gasteiger partial charge >= 0.3 is 12.0 Å². The number of carbonyl (C=O) groups is 4. The van der Waals surface area contributed by atoms with Crippen molar-refractivity contribution < 1.29 is 28.7 Å². The quantitative estimate of drug-likeness (QED) is 0.468. The van der Waals surface area contributed by atoms with Crippen molar-refractivity contribution in [2.75, 3.05) is 6.61 Å². The fourth-order valence-electron chi connectivity index (χ4n) is 2.14. The molecule has 0 heterocycles. The third kappa shape index (κ3) is 8.66. The number of imide groups is 1. The first-order chi connectivity index (χ1) is 13.2. The van der Waals surface area contributed by atoms with Gasteiger partial charge in [-0.2, -0.15) is 0 Å². The van der Waals surface area contributed by atoms with Crippen molar-refractivity contribution in [3.8, 4) is 5.75 Å². The van der Waals surface area contributed by atoms with Crippen LogP contribution in [0.25, 0.3) is 0 Å². The van der Waals surface area contributed by atoms with E-state index in [0.29, 0.717) is 17.9 Å². The lowest BCUT2D eigenvalue weighted by Gasteiger charge is -2.14. The summed E-state index contributed by atoms with van der Waals surface area (Å²) in [5, 5.41) is 4.57. The van der Waals surface area contributed by atoms with Crippen LogP contribution in [0.4, 0.5) is 4.79 Å². The molecule has 8 heteroatoms. The van der Waals surface area contributed by atoms with Crippen LogP contribution >= 0.6 is 0 Å². The van der Waals surface area contributed by atoms with E-state index in [1.807, 2.05) is 6.92 Å². The number of hydrogen-bond acceptors (Lipinski definition) is 6. The highest BCUT2D eigenvalue weighted by molar-refractivity contribution is 5.98. The van der Waals surface area contributed by atoms with Crippen LogP contribution in [0.1, 0.15) is 57.3 Å². The fourth-order valence-corrected chi connectivity index (χ4v) is 2.14. The van der Waals surface area contributed by atoms with Crippen LogP contribution in [0.3, 0.4) is 0 Å². The van der Waals surface area contributed by atoms with Crippen LogP contribution in [0.15, 0.2) is 24.3 Å². The monoisotopic (exact) mass is 392 g/mol. The van der Waals surface area contributed by atoms with Gasteiger partial charge in [0.05, 0.1) is 13.0 Å². The van der Waals surface area contributed by atoms with E-state index in [9.17, 15) is 19.2 Å². The second kappa shape index (κ2) is 11.7. The lowest BCUT2D eigenvalue weighted by atomic mass is 10.1. The van der Waals surface area contributed by atoms with E-state index in [0.717, 1.165) is 6.42 Å². The van der Waals surface area contributed by atoms with Gasteiger partial charge in [-0.3, -0.25) is 19.7 Å². The molecule has 3 amide bonds. The molecule has 2 N–H and O–H groups in total. The zero-order chi connectivity index (χ0) is 21.1. The maximum atomic E-state index is 12.2. The van der Waals surface area contributed by atoms with E-state index in [-0.39, 0.29) is 24.7 Å². The number of rotatable bonds is 10. The van der Waals surface area contributed by atoms with Crippen molar-refractivity contribution in [2.24, 2.45) is 0 Å². The van der Waals surface area contributed by atoms with Crippen molar-refractivity contribution in [1.82, 2.24) is 10.6 Å². The van der Waals surface area contributed by atoms with Crippen LogP contribution in [0, 0.1) is 0 Å². The molecule has 0 spiro atoms. The molecule has 1 rings (SSSR count). The first-order valence-corrected chi connectivity index (χ1v) is 9.29. The largest absolute Gasteiger partial charge is 0.494 e. The summed E-state index contributed by atoms with van der Waals surface area (Å²) in [4.78, 5) is 47.3. The molecule has 0 aliphatic heterocycles. The van der Waals surface area contributed by atoms with Crippen LogP contribution in [-0.2, 0) is 14.3 Å². The Balaban J connectivity index is 2.41. The van der Waals surface area contributed by atoms with Crippen molar-refractivity contribution in [3.05, 3.63) is 29.8 Å². The highest BCUT2D eigenvalue weighted by atomic mass is 16.5. The van der Waals surface area contributed by atoms with E-state index < -0.39 is 24.0 Å². The van der Waals surface area contributed by atoms with Gasteiger partial charge in [-0.25, -0.2) is 4.79 Å². The SMILES string of the molecule is CCCOc1ccc(C(=O)CCC(=O)O[C@H](C)C(=O)NC(=O)NC(C)C)cc1. The molecule has 0 fully saturated rings. The summed E-state index contributed by atoms with van der Waals surface area (Å²) in [6, 6.07) is 5.89. The number of Topliss-reactive ketones (excluding diaryl/α,β-unsaturated/α-hetero) is 1. The molecule has 28 heavy (non-hydrogen) atoms. The second-order valence-electron chi connectivity index (χ2n) is 6.55. The maximum absolute atomic E-state index is 12.2. The molecule has 8 nitrogen and oxygen atoms in total. The summed E-state index contributed by atoms with van der Waals surface area (Å²) in [6.07, 6.45) is -0.462. The molecule has 0 aliphatic carbocycles. The van der Waals surface area contributed by atoms with Gasteiger partial charge in [-0.1, -0.05) is 6.92 Å². The maximum Gasteiger partial charge on any atom is 0.321 e. The Morgan fingerprint density at radius 2 is 1.64 bits per heavy atom. The van der Waals surface area contributed by atoms with Crippen molar-refractivity contribution in [2.45, 2.75) is 59.1 Å². The van der Waals surface area contributed by atoms with E-state index in [1.54, 1.807) is 38.1 Å². The van der Waals surface area contributed by atoms with E-state index >= 15 is 0 Å². The van der Waals surface area contributed by atoms with Gasteiger partial charge < -0.3 is 14.8 Å². The summed E-state index contributed by atoms with van der Waals surface area (Å²) >= 11 is 0. The Morgan fingerprint density at radius 3 is 2.21 bits per heavy atom. The van der Waals surface area contributed by atoms with Crippen LogP contribution in [-0.4, -0.2) is 42.4 Å². The molecule has 0 unspecified atom stereocenters. The molecule has 0 aliphatic rings. The minimum Gasteiger partial charge on any atom is -0.494 e. The average molecular weight is 392 g/mol. The standard InChI is InChI=1S/C20H28N2O6/c1-5-12-27-16-8-6-15(7-9-16)17(23)10-11-18(24)28-14(4)19(25)22-20(26)21-13(2)3/h6-9,13-14H,5,10-12H2,1-4H3,(H2,21,22,25,26)/t14-/m1/s1. The number of urea groups is 1. The summed E-state index contributed by atoms with van der Waals surface area (Å²) in [7, 11) is 0. The molecule has 0 aromatic heterocycles. The summed E-state index contributed by atoms with van der Waals surface area (Å²) in [5.41, 5.74) is 0.466. The fraction of sp³-hybridized carbons (Fsp3) is 0.500. The first kappa shape index (κ1) is 23.1. The van der Waals surface area contributed by atoms with Gasteiger partial charge in [-0.05, 0) is 51.5 Å². The van der Waals surface area contributed by atoms with Gasteiger partial charge in [-0.15, -0.1) is 0 Å². The Hall–Kier alpha value is -2.90. The third-order valence-electron chi connectivity index (χ3n) is 3.54. The Kier molecular flexibility index (Phi) is 9.70. The zero-order valence-corrected chi connectivity index (χ0v) is 16.7. The van der Waals surface area contributed by atoms with Gasteiger partial charge in [0.25, 0.3) is 5.91 Å². The Bertz CT molecular complexity index is 684. The molecule has 154 valence electrons. The topological polar surface area (TPSA) is 111 Å². The number of nitrogens with one attached hydrogen (secondary N) is 2. The minimum atomic E-state index is -1.14. The van der Waals surface area contributed by atoms with Crippen molar-refractivity contribution in [3.63, 3.8) is 0 Å². The number of ether oxygens (including phenoxy) is 2. The summed E-state index contributed by atoms with van der Waals surface area (Å²) in [6.45, 7) is 7.45. The molecule has 0 radical (unpaired) electrons. The molecule has 1 aromatic rings. The minimum absolute atomic E-state index is 0.0455. The van der Waals surface area contributed by atoms with Crippen LogP contribution < -0.4 is 15.4 Å². The van der Waals surface area contributed by atoms with E-state index in [1.165, 1.54) is 6.92 Å². The molecule has 0 saturated heterocycles. The average Bonchev–Trinajstić information content (AvgIpc) is 2.64. The van der Waals surface area contributed by atoms with Crippen LogP contribution in [0.5, 0.6) is 5.75 Å².